The van der Waals surface area contributed by atoms with Crippen molar-refractivity contribution in [2.45, 2.75) is 25.9 Å². The Morgan fingerprint density at radius 3 is 3.13 bits per heavy atom. The molecule has 2 aromatic heterocycles. The van der Waals surface area contributed by atoms with Gasteiger partial charge in [0.05, 0.1) is 17.9 Å². The molecule has 0 aliphatic carbocycles. The van der Waals surface area contributed by atoms with Gasteiger partial charge in [0.25, 0.3) is 0 Å². The molecule has 0 radical (unpaired) electrons. The maximum Gasteiger partial charge on any atom is 0.0833 e. The molecule has 0 saturated carbocycles. The molecule has 0 fully saturated rings. The summed E-state index contributed by atoms with van der Waals surface area (Å²) in [5.41, 5.74) is 7.13. The Balaban J connectivity index is 2.25. The maximum atomic E-state index is 6.15. The fraction of sp³-hybridized carbons (Fsp3) is 0.400. The van der Waals surface area contributed by atoms with Gasteiger partial charge in [-0.05, 0) is 17.9 Å². The minimum absolute atomic E-state index is 0.105. The highest BCUT2D eigenvalue weighted by Gasteiger charge is 2.15. The number of hydrogen-bond donors (Lipinski definition) is 1. The van der Waals surface area contributed by atoms with E-state index in [1.165, 1.54) is 0 Å². The summed E-state index contributed by atoms with van der Waals surface area (Å²) >= 11 is 1.66. The smallest absolute Gasteiger partial charge is 0.0833 e. The van der Waals surface area contributed by atoms with Crippen LogP contribution in [0, 0.1) is 0 Å². The number of thiophene rings is 1. The highest BCUT2D eigenvalue weighted by atomic mass is 32.1. The van der Waals surface area contributed by atoms with Crippen LogP contribution >= 0.6 is 11.3 Å². The number of hydrogen-bond acceptors (Lipinski definition) is 4. The van der Waals surface area contributed by atoms with E-state index in [0.717, 1.165) is 23.5 Å². The van der Waals surface area contributed by atoms with Crippen LogP contribution in [0.3, 0.4) is 0 Å². The summed E-state index contributed by atoms with van der Waals surface area (Å²) in [5, 5.41) is 9.97. The van der Waals surface area contributed by atoms with Crippen LogP contribution in [-0.4, -0.2) is 15.0 Å². The summed E-state index contributed by atoms with van der Waals surface area (Å²) in [5.74, 6) is 0. The lowest BCUT2D eigenvalue weighted by atomic mass is 10.2. The normalized spacial score (nSPS) is 12.9. The highest BCUT2D eigenvalue weighted by molar-refractivity contribution is 7.10. The molecule has 1 unspecified atom stereocenters. The number of nitrogens with two attached hydrogens (primary N) is 1. The molecule has 0 spiro atoms. The van der Waals surface area contributed by atoms with Crippen molar-refractivity contribution in [1.82, 2.24) is 15.0 Å². The van der Waals surface area contributed by atoms with Gasteiger partial charge in [-0.3, -0.25) is 0 Å². The van der Waals surface area contributed by atoms with Crippen molar-refractivity contribution >= 4 is 11.3 Å². The van der Waals surface area contributed by atoms with Gasteiger partial charge in [0.1, 0.15) is 0 Å². The zero-order valence-corrected chi connectivity index (χ0v) is 9.44. The van der Waals surface area contributed by atoms with Gasteiger partial charge in [-0.25, -0.2) is 4.68 Å². The summed E-state index contributed by atoms with van der Waals surface area (Å²) in [6, 6.07) is 3.94. The van der Waals surface area contributed by atoms with Gasteiger partial charge >= 0.3 is 0 Å². The molecule has 15 heavy (non-hydrogen) atoms. The molecule has 0 aliphatic heterocycles. The van der Waals surface area contributed by atoms with Crippen LogP contribution in [0.5, 0.6) is 0 Å². The first-order valence-electron chi connectivity index (χ1n) is 5.00. The van der Waals surface area contributed by atoms with E-state index in [2.05, 4.69) is 17.2 Å². The first-order valence-corrected chi connectivity index (χ1v) is 5.88. The molecule has 1 atom stereocenters. The molecule has 0 aliphatic rings. The van der Waals surface area contributed by atoms with Crippen molar-refractivity contribution in [3.05, 3.63) is 34.3 Å². The zero-order valence-electron chi connectivity index (χ0n) is 8.63. The summed E-state index contributed by atoms with van der Waals surface area (Å²) < 4.78 is 1.88. The predicted octanol–water partition coefficient (Wildman–Crippen LogP) is 1.80. The van der Waals surface area contributed by atoms with Gasteiger partial charge < -0.3 is 5.73 Å². The van der Waals surface area contributed by atoms with Gasteiger partial charge in [0.15, 0.2) is 0 Å². The molecule has 0 amide bonds. The zero-order chi connectivity index (χ0) is 10.7. The van der Waals surface area contributed by atoms with Gasteiger partial charge in [-0.15, -0.1) is 16.4 Å². The SMILES string of the molecule is CCCn1nncc1C(N)c1cccs1. The van der Waals surface area contributed by atoms with Crippen molar-refractivity contribution in [3.8, 4) is 0 Å². The molecule has 5 heteroatoms. The minimum atomic E-state index is -0.105. The number of aryl methyl sites for hydroxylation is 1. The van der Waals surface area contributed by atoms with E-state index in [9.17, 15) is 0 Å². The van der Waals surface area contributed by atoms with E-state index in [0.29, 0.717) is 0 Å². The van der Waals surface area contributed by atoms with Crippen molar-refractivity contribution in [1.29, 1.82) is 0 Å². The summed E-state index contributed by atoms with van der Waals surface area (Å²) in [7, 11) is 0. The van der Waals surface area contributed by atoms with E-state index < -0.39 is 0 Å². The first kappa shape index (κ1) is 10.3. The van der Waals surface area contributed by atoms with E-state index in [-0.39, 0.29) is 6.04 Å². The molecule has 2 heterocycles. The third-order valence-corrected chi connectivity index (χ3v) is 3.21. The summed E-state index contributed by atoms with van der Waals surface area (Å²) in [6.07, 6.45) is 2.79. The number of rotatable bonds is 4. The molecule has 4 nitrogen and oxygen atoms in total. The van der Waals surface area contributed by atoms with Crippen LogP contribution in [0.4, 0.5) is 0 Å². The van der Waals surface area contributed by atoms with E-state index >= 15 is 0 Å². The Hall–Kier alpha value is -1.20. The molecule has 2 N–H and O–H groups in total. The van der Waals surface area contributed by atoms with Gasteiger partial charge in [-0.2, -0.15) is 0 Å². The van der Waals surface area contributed by atoms with Crippen molar-refractivity contribution < 1.29 is 0 Å². The predicted molar refractivity (Wildman–Crippen MR) is 60.7 cm³/mol. The monoisotopic (exact) mass is 222 g/mol. The second-order valence-electron chi connectivity index (χ2n) is 3.38. The van der Waals surface area contributed by atoms with Crippen molar-refractivity contribution in [3.63, 3.8) is 0 Å². The van der Waals surface area contributed by atoms with Crippen molar-refractivity contribution in [2.24, 2.45) is 5.73 Å². The Labute approximate surface area is 92.7 Å². The van der Waals surface area contributed by atoms with Gasteiger partial charge in [-0.1, -0.05) is 18.2 Å². The fourth-order valence-electron chi connectivity index (χ4n) is 1.51. The molecule has 80 valence electrons. The molecular formula is C10H14N4S. The van der Waals surface area contributed by atoms with Crippen LogP contribution < -0.4 is 5.73 Å². The first-order chi connectivity index (χ1) is 7.33. The van der Waals surface area contributed by atoms with E-state index in [1.807, 2.05) is 22.2 Å². The van der Waals surface area contributed by atoms with Crippen LogP contribution in [0.25, 0.3) is 0 Å². The quantitative estimate of drug-likeness (QED) is 0.858. The Morgan fingerprint density at radius 1 is 1.60 bits per heavy atom. The molecular weight excluding hydrogens is 208 g/mol. The fourth-order valence-corrected chi connectivity index (χ4v) is 2.24. The average molecular weight is 222 g/mol. The molecule has 0 aromatic carbocycles. The summed E-state index contributed by atoms with van der Waals surface area (Å²) in [4.78, 5) is 1.15. The Bertz CT molecular complexity index is 407. The van der Waals surface area contributed by atoms with Gasteiger partial charge in [0.2, 0.25) is 0 Å². The topological polar surface area (TPSA) is 56.7 Å². The number of aromatic nitrogens is 3. The second kappa shape index (κ2) is 4.55. The van der Waals surface area contributed by atoms with E-state index in [1.54, 1.807) is 17.5 Å². The lowest BCUT2D eigenvalue weighted by Crippen LogP contribution is -2.16. The standard InChI is InChI=1S/C10H14N4S/c1-2-5-14-8(7-12-13-14)10(11)9-4-3-6-15-9/h3-4,6-7,10H,2,5,11H2,1H3. The van der Waals surface area contributed by atoms with Crippen LogP contribution in [-0.2, 0) is 6.54 Å². The van der Waals surface area contributed by atoms with Crippen LogP contribution in [0.1, 0.15) is 30.0 Å². The van der Waals surface area contributed by atoms with E-state index in [4.69, 9.17) is 5.73 Å². The maximum absolute atomic E-state index is 6.15. The third-order valence-electron chi connectivity index (χ3n) is 2.25. The third kappa shape index (κ3) is 2.08. The second-order valence-corrected chi connectivity index (χ2v) is 4.35. The van der Waals surface area contributed by atoms with Crippen LogP contribution in [0.2, 0.25) is 0 Å². The molecule has 2 rings (SSSR count). The van der Waals surface area contributed by atoms with Crippen molar-refractivity contribution in [2.75, 3.05) is 0 Å². The minimum Gasteiger partial charge on any atom is -0.318 e. The summed E-state index contributed by atoms with van der Waals surface area (Å²) in [6.45, 7) is 2.98. The lowest BCUT2D eigenvalue weighted by Gasteiger charge is -2.10. The van der Waals surface area contributed by atoms with Crippen LogP contribution in [0.15, 0.2) is 23.7 Å². The molecule has 0 saturated heterocycles. The Kier molecular flexibility index (Phi) is 3.13. The average Bonchev–Trinajstić information content (AvgIpc) is 2.87. The highest BCUT2D eigenvalue weighted by Crippen LogP contribution is 2.22. The molecule has 2 aromatic rings. The number of nitrogens with zero attached hydrogens (tertiary/aromatic N) is 3. The lowest BCUT2D eigenvalue weighted by molar-refractivity contribution is 0.545. The Morgan fingerprint density at radius 2 is 2.47 bits per heavy atom. The van der Waals surface area contributed by atoms with Gasteiger partial charge in [0, 0.05) is 11.4 Å². The largest absolute Gasteiger partial charge is 0.318 e. The molecule has 0 bridgehead atoms.